The van der Waals surface area contributed by atoms with Crippen LogP contribution < -0.4 is 5.32 Å². The molecule has 160 valence electrons. The number of urea groups is 1. The number of nitrogens with one attached hydrogen (secondary N) is 1. The van der Waals surface area contributed by atoms with Crippen LogP contribution in [0.3, 0.4) is 0 Å². The Balaban J connectivity index is 1.30. The maximum Gasteiger partial charge on any atom is 0.329 e. The van der Waals surface area contributed by atoms with Crippen molar-refractivity contribution in [2.75, 3.05) is 33.0 Å². The second-order valence-electron chi connectivity index (χ2n) is 8.87. The lowest BCUT2D eigenvalue weighted by Gasteiger charge is -2.32. The highest BCUT2D eigenvalue weighted by Gasteiger charge is 2.40. The van der Waals surface area contributed by atoms with E-state index in [0.29, 0.717) is 18.6 Å². The number of hydrogen-bond donors (Lipinski definition) is 1. The van der Waals surface area contributed by atoms with E-state index >= 15 is 0 Å². The Morgan fingerprint density at radius 1 is 1.27 bits per heavy atom. The van der Waals surface area contributed by atoms with Crippen molar-refractivity contribution in [1.82, 2.24) is 25.0 Å². The number of amidine groups is 1. The summed E-state index contributed by atoms with van der Waals surface area (Å²) in [6.45, 7) is 9.23. The zero-order chi connectivity index (χ0) is 20.7. The minimum absolute atomic E-state index is 0.0606. The molecule has 8 nitrogen and oxygen atoms in total. The predicted molar refractivity (Wildman–Crippen MR) is 113 cm³/mol. The van der Waals surface area contributed by atoms with Crippen molar-refractivity contribution in [3.8, 4) is 0 Å². The van der Waals surface area contributed by atoms with Gasteiger partial charge in [-0.25, -0.2) is 9.79 Å². The molecule has 30 heavy (non-hydrogen) atoms. The van der Waals surface area contributed by atoms with Crippen LogP contribution in [0.15, 0.2) is 35.3 Å². The Bertz CT molecular complexity index is 878. The van der Waals surface area contributed by atoms with E-state index in [9.17, 15) is 4.79 Å². The van der Waals surface area contributed by atoms with Gasteiger partial charge in [0.1, 0.15) is 12.5 Å². The molecule has 8 heteroatoms. The van der Waals surface area contributed by atoms with E-state index in [4.69, 9.17) is 9.73 Å². The number of ether oxygens (including phenoxy) is 1. The van der Waals surface area contributed by atoms with Gasteiger partial charge in [-0.1, -0.05) is 13.0 Å². The van der Waals surface area contributed by atoms with Gasteiger partial charge in [0.15, 0.2) is 5.82 Å². The number of amides is 2. The van der Waals surface area contributed by atoms with Crippen molar-refractivity contribution in [3.63, 3.8) is 0 Å². The van der Waals surface area contributed by atoms with Crippen LogP contribution in [0.25, 0.3) is 0 Å². The van der Waals surface area contributed by atoms with Crippen molar-refractivity contribution < 1.29 is 9.53 Å². The molecule has 0 spiro atoms. The number of rotatable bonds is 4. The van der Waals surface area contributed by atoms with Crippen LogP contribution >= 0.6 is 0 Å². The number of aryl methyl sites for hydroxylation is 1. The van der Waals surface area contributed by atoms with Crippen LogP contribution in [-0.4, -0.2) is 70.6 Å². The average Bonchev–Trinajstić information content (AvgIpc) is 3.34. The van der Waals surface area contributed by atoms with Crippen molar-refractivity contribution >= 4 is 11.9 Å². The van der Waals surface area contributed by atoms with E-state index in [-0.39, 0.29) is 11.9 Å². The Morgan fingerprint density at radius 2 is 2.10 bits per heavy atom. The highest BCUT2D eigenvalue weighted by molar-refractivity contribution is 6.02. The summed E-state index contributed by atoms with van der Waals surface area (Å²) in [6.07, 6.45) is 5.90. The Kier molecular flexibility index (Phi) is 5.20. The fourth-order valence-corrected chi connectivity index (χ4v) is 4.97. The highest BCUT2D eigenvalue weighted by Crippen LogP contribution is 2.30. The van der Waals surface area contributed by atoms with Crippen LogP contribution in [0.1, 0.15) is 31.0 Å². The van der Waals surface area contributed by atoms with Crippen LogP contribution in [0.4, 0.5) is 4.79 Å². The molecular formula is C22H30N6O2. The van der Waals surface area contributed by atoms with Crippen LogP contribution in [0.2, 0.25) is 0 Å². The second-order valence-corrected chi connectivity index (χ2v) is 8.87. The summed E-state index contributed by atoms with van der Waals surface area (Å²) in [7, 11) is 0. The fourth-order valence-electron chi connectivity index (χ4n) is 4.97. The number of carbonyl (C=O) groups excluding carboxylic acids is 1. The zero-order valence-electron chi connectivity index (χ0n) is 17.8. The molecule has 2 unspecified atom stereocenters. The van der Waals surface area contributed by atoms with Gasteiger partial charge >= 0.3 is 6.03 Å². The molecule has 4 aliphatic rings. The van der Waals surface area contributed by atoms with Crippen LogP contribution in [0.5, 0.6) is 0 Å². The van der Waals surface area contributed by atoms with Gasteiger partial charge in [0.05, 0.1) is 0 Å². The number of carbonyl (C=O) groups is 1. The summed E-state index contributed by atoms with van der Waals surface area (Å²) < 4.78 is 5.48. The lowest BCUT2D eigenvalue weighted by Crippen LogP contribution is -2.50. The van der Waals surface area contributed by atoms with Gasteiger partial charge in [0.25, 0.3) is 0 Å². The van der Waals surface area contributed by atoms with Crippen LogP contribution in [-0.2, 0) is 11.3 Å². The molecule has 0 radical (unpaired) electrons. The van der Waals surface area contributed by atoms with Gasteiger partial charge in [0, 0.05) is 62.9 Å². The van der Waals surface area contributed by atoms with Crippen LogP contribution in [0, 0.1) is 18.8 Å². The summed E-state index contributed by atoms with van der Waals surface area (Å²) in [5.74, 6) is 2.25. The highest BCUT2D eigenvalue weighted by atomic mass is 16.5. The molecule has 2 amide bonds. The smallest absolute Gasteiger partial charge is 0.329 e. The molecular weight excluding hydrogens is 380 g/mol. The fraction of sp³-hybridized carbons (Fsp3) is 0.591. The third-order valence-corrected chi connectivity index (χ3v) is 6.79. The summed E-state index contributed by atoms with van der Waals surface area (Å²) in [5, 5.41) is 3.09. The van der Waals surface area contributed by atoms with Crippen molar-refractivity contribution in [3.05, 3.63) is 41.6 Å². The van der Waals surface area contributed by atoms with Gasteiger partial charge in [-0.3, -0.25) is 20.1 Å². The topological polar surface area (TPSA) is 73.3 Å². The molecule has 0 aromatic carbocycles. The monoisotopic (exact) mass is 410 g/mol. The lowest BCUT2D eigenvalue weighted by atomic mass is 9.96. The Labute approximate surface area is 177 Å². The average molecular weight is 411 g/mol. The summed E-state index contributed by atoms with van der Waals surface area (Å²) in [6, 6.07) is 4.50. The molecule has 0 bridgehead atoms. The number of aliphatic imine (C=N–C) groups is 1. The summed E-state index contributed by atoms with van der Waals surface area (Å²) >= 11 is 0. The molecule has 2 atom stereocenters. The van der Waals surface area contributed by atoms with Crippen molar-refractivity contribution in [2.45, 2.75) is 39.3 Å². The van der Waals surface area contributed by atoms with E-state index in [0.717, 1.165) is 63.0 Å². The first-order chi connectivity index (χ1) is 14.6. The third-order valence-electron chi connectivity index (χ3n) is 6.79. The molecule has 2 fully saturated rings. The van der Waals surface area contributed by atoms with E-state index in [1.165, 1.54) is 5.56 Å². The van der Waals surface area contributed by atoms with Gasteiger partial charge in [-0.2, -0.15) is 0 Å². The minimum Gasteiger partial charge on any atom is -0.381 e. The Morgan fingerprint density at radius 3 is 2.90 bits per heavy atom. The first kappa shape index (κ1) is 19.5. The molecule has 2 saturated heterocycles. The minimum atomic E-state index is -0.0606. The second kappa shape index (κ2) is 8.00. The van der Waals surface area contributed by atoms with Gasteiger partial charge < -0.3 is 9.64 Å². The molecule has 0 saturated carbocycles. The summed E-state index contributed by atoms with van der Waals surface area (Å²) in [4.78, 5) is 28.6. The maximum absolute atomic E-state index is 12.8. The molecule has 0 aliphatic carbocycles. The molecule has 1 N–H and O–H groups in total. The molecule has 4 aliphatic heterocycles. The first-order valence-electron chi connectivity index (χ1n) is 10.9. The number of pyridine rings is 1. The van der Waals surface area contributed by atoms with E-state index in [2.05, 4.69) is 46.2 Å². The molecule has 1 aromatic heterocycles. The normalized spacial score (nSPS) is 27.7. The predicted octanol–water partition coefficient (Wildman–Crippen LogP) is 2.13. The maximum atomic E-state index is 12.8. The van der Waals surface area contributed by atoms with Gasteiger partial charge in [0.2, 0.25) is 0 Å². The third kappa shape index (κ3) is 3.70. The Hall–Kier alpha value is -2.45. The zero-order valence-corrected chi connectivity index (χ0v) is 17.8. The summed E-state index contributed by atoms with van der Waals surface area (Å²) in [5.41, 5.74) is 2.34. The first-order valence-corrected chi connectivity index (χ1v) is 10.9. The van der Waals surface area contributed by atoms with Gasteiger partial charge in [-0.15, -0.1) is 0 Å². The SMILES string of the molecule is Cc1ncccc1CN1CC(C)C(C2=NC3=CN(C4CCOCC4)CN3C(=O)N2)C1. The largest absolute Gasteiger partial charge is 0.381 e. The number of nitrogens with zero attached hydrogens (tertiary/aromatic N) is 5. The number of aromatic nitrogens is 1. The van der Waals surface area contributed by atoms with E-state index in [1.807, 2.05) is 12.3 Å². The lowest BCUT2D eigenvalue weighted by molar-refractivity contribution is 0.0459. The standard InChI is InChI=1S/C22H30N6O2/c1-15-10-26(11-17-4-3-7-23-16(17)2)12-19(15)21-24-20-13-27(14-28(20)22(29)25-21)18-5-8-30-9-6-18/h3-4,7,13,15,18-19H,5-6,8-12,14H2,1-2H3,(H,24,25,29). The number of likely N-dealkylation sites (tertiary alicyclic amines) is 1. The molecule has 1 aromatic rings. The van der Waals surface area contributed by atoms with E-state index < -0.39 is 0 Å². The molecule has 5 heterocycles. The molecule has 5 rings (SSSR count). The number of hydrogen-bond acceptors (Lipinski definition) is 6. The quantitative estimate of drug-likeness (QED) is 0.823. The van der Waals surface area contributed by atoms with Crippen molar-refractivity contribution in [2.24, 2.45) is 16.8 Å². The van der Waals surface area contributed by atoms with Gasteiger partial charge in [-0.05, 0) is 37.3 Å². The van der Waals surface area contributed by atoms with Crippen molar-refractivity contribution in [1.29, 1.82) is 0 Å². The number of fused-ring (bicyclic) bond motifs is 1. The van der Waals surface area contributed by atoms with E-state index in [1.54, 1.807) is 4.90 Å².